The molecule has 0 heterocycles. The van der Waals surface area contributed by atoms with E-state index in [1.54, 1.807) is 13.8 Å². The summed E-state index contributed by atoms with van der Waals surface area (Å²) in [6.07, 6.45) is 0.992. The zero-order valence-electron chi connectivity index (χ0n) is 10.6. The minimum atomic E-state index is -0.395. The van der Waals surface area contributed by atoms with Crippen LogP contribution in [0.5, 0.6) is 0 Å². The minimum Gasteiger partial charge on any atom is -0.463 e. The number of benzene rings is 1. The molecule has 1 aromatic carbocycles. The predicted molar refractivity (Wildman–Crippen MR) is 68.7 cm³/mol. The average Bonchev–Trinajstić information content (AvgIpc) is 2.37. The van der Waals surface area contributed by atoms with Gasteiger partial charge in [0.15, 0.2) is 0 Å². The van der Waals surface area contributed by atoms with Crippen molar-refractivity contribution in [3.63, 3.8) is 0 Å². The van der Waals surface area contributed by atoms with Crippen molar-refractivity contribution >= 4 is 12.4 Å². The summed E-state index contributed by atoms with van der Waals surface area (Å²) in [5.41, 5.74) is 1.98. The molecule has 4 nitrogen and oxygen atoms in total. The summed E-state index contributed by atoms with van der Waals surface area (Å²) in [6.45, 7) is 3.75. The van der Waals surface area contributed by atoms with Gasteiger partial charge in [-0.3, -0.25) is 4.79 Å². The second kappa shape index (κ2) is 7.27. The van der Waals surface area contributed by atoms with Crippen molar-refractivity contribution in [2.24, 2.45) is 0 Å². The molecule has 0 unspecified atom stereocenters. The summed E-state index contributed by atoms with van der Waals surface area (Å²) in [4.78, 5) is 22.3. The zero-order valence-corrected chi connectivity index (χ0v) is 10.6. The number of esters is 1. The van der Waals surface area contributed by atoms with Gasteiger partial charge in [0.1, 0.15) is 0 Å². The van der Waals surface area contributed by atoms with Crippen LogP contribution in [-0.4, -0.2) is 19.0 Å². The fourth-order valence-electron chi connectivity index (χ4n) is 1.55. The van der Waals surface area contributed by atoms with Crippen LogP contribution < -0.4 is 5.32 Å². The number of hydrogen-bond donors (Lipinski definition) is 1. The third kappa shape index (κ3) is 4.05. The van der Waals surface area contributed by atoms with Gasteiger partial charge in [0.05, 0.1) is 12.2 Å². The van der Waals surface area contributed by atoms with Crippen LogP contribution in [0.1, 0.15) is 19.4 Å². The zero-order chi connectivity index (χ0) is 13.4. The highest BCUT2D eigenvalue weighted by Gasteiger charge is 2.14. The van der Waals surface area contributed by atoms with Gasteiger partial charge in [-0.25, -0.2) is 4.79 Å². The first-order valence-corrected chi connectivity index (χ1v) is 5.80. The van der Waals surface area contributed by atoms with Gasteiger partial charge < -0.3 is 10.1 Å². The molecule has 0 saturated carbocycles. The van der Waals surface area contributed by atoms with E-state index in [9.17, 15) is 9.59 Å². The van der Waals surface area contributed by atoms with E-state index < -0.39 is 5.97 Å². The highest BCUT2D eigenvalue weighted by atomic mass is 16.5. The molecule has 1 rings (SSSR count). The van der Waals surface area contributed by atoms with Crippen molar-refractivity contribution in [2.45, 2.75) is 20.3 Å². The molecule has 0 bridgehead atoms. The van der Waals surface area contributed by atoms with Crippen molar-refractivity contribution < 1.29 is 14.3 Å². The largest absolute Gasteiger partial charge is 0.463 e. The summed E-state index contributed by atoms with van der Waals surface area (Å²) in [5.74, 6) is -0.395. The van der Waals surface area contributed by atoms with Gasteiger partial charge in [-0.15, -0.1) is 0 Å². The van der Waals surface area contributed by atoms with Crippen molar-refractivity contribution in [2.75, 3.05) is 6.61 Å². The standard InChI is InChI=1S/C14H17NO3/c1-3-18-14(17)13(11(2)15-10-16)9-12-7-5-4-6-8-12/h4-8,10H,3,9H2,1-2H3,(H,15,16)/b13-11+. The Balaban J connectivity index is 2.95. The molecule has 1 aromatic rings. The molecule has 0 aliphatic heterocycles. The van der Waals surface area contributed by atoms with Gasteiger partial charge in [0.25, 0.3) is 0 Å². The van der Waals surface area contributed by atoms with Crippen LogP contribution in [0.25, 0.3) is 0 Å². The lowest BCUT2D eigenvalue weighted by Crippen LogP contribution is -2.18. The van der Waals surface area contributed by atoms with E-state index in [2.05, 4.69) is 5.32 Å². The molecule has 0 saturated heterocycles. The SMILES string of the molecule is CCOC(=O)/C(Cc1ccccc1)=C(\C)NC=O. The Morgan fingerprint density at radius 1 is 1.33 bits per heavy atom. The van der Waals surface area contributed by atoms with E-state index in [4.69, 9.17) is 4.74 Å². The highest BCUT2D eigenvalue weighted by Crippen LogP contribution is 2.12. The van der Waals surface area contributed by atoms with Crippen LogP contribution >= 0.6 is 0 Å². The van der Waals surface area contributed by atoms with Gasteiger partial charge >= 0.3 is 5.97 Å². The van der Waals surface area contributed by atoms with Crippen molar-refractivity contribution in [1.29, 1.82) is 0 Å². The Hall–Kier alpha value is -2.10. The smallest absolute Gasteiger partial charge is 0.336 e. The first kappa shape index (κ1) is 14.0. The number of amides is 1. The van der Waals surface area contributed by atoms with E-state index in [0.717, 1.165) is 5.56 Å². The summed E-state index contributed by atoms with van der Waals surface area (Å²) >= 11 is 0. The lowest BCUT2D eigenvalue weighted by molar-refractivity contribution is -0.138. The maximum atomic E-state index is 11.8. The van der Waals surface area contributed by atoms with Crippen LogP contribution in [-0.2, 0) is 20.7 Å². The van der Waals surface area contributed by atoms with Gasteiger partial charge in [-0.1, -0.05) is 30.3 Å². The molecule has 0 aliphatic rings. The lowest BCUT2D eigenvalue weighted by Gasteiger charge is -2.10. The maximum Gasteiger partial charge on any atom is 0.336 e. The van der Waals surface area contributed by atoms with Crippen LogP contribution in [0.3, 0.4) is 0 Å². The Kier molecular flexibility index (Phi) is 5.64. The normalized spacial score (nSPS) is 11.4. The summed E-state index contributed by atoms with van der Waals surface area (Å²) in [6, 6.07) is 9.57. The first-order chi connectivity index (χ1) is 8.69. The third-order valence-electron chi connectivity index (χ3n) is 2.47. The molecule has 0 aromatic heterocycles. The quantitative estimate of drug-likeness (QED) is 0.474. The maximum absolute atomic E-state index is 11.8. The van der Waals surface area contributed by atoms with Crippen LogP contribution in [0.4, 0.5) is 0 Å². The lowest BCUT2D eigenvalue weighted by atomic mass is 10.0. The molecule has 0 spiro atoms. The van der Waals surface area contributed by atoms with E-state index in [0.29, 0.717) is 30.7 Å². The van der Waals surface area contributed by atoms with Crippen LogP contribution in [0.2, 0.25) is 0 Å². The molecule has 0 aliphatic carbocycles. The Morgan fingerprint density at radius 3 is 2.56 bits per heavy atom. The molecular weight excluding hydrogens is 230 g/mol. The molecule has 1 N–H and O–H groups in total. The van der Waals surface area contributed by atoms with Crippen molar-refractivity contribution in [1.82, 2.24) is 5.32 Å². The molecule has 96 valence electrons. The van der Waals surface area contributed by atoms with E-state index in [1.807, 2.05) is 30.3 Å². The fraction of sp³-hybridized carbons (Fsp3) is 0.286. The van der Waals surface area contributed by atoms with Crippen LogP contribution in [0.15, 0.2) is 41.6 Å². The second-order valence-electron chi connectivity index (χ2n) is 3.75. The fourth-order valence-corrected chi connectivity index (χ4v) is 1.55. The Morgan fingerprint density at radius 2 is 2.00 bits per heavy atom. The number of nitrogens with one attached hydrogen (secondary N) is 1. The number of ether oxygens (including phenoxy) is 1. The van der Waals surface area contributed by atoms with Gasteiger partial charge in [0, 0.05) is 12.1 Å². The third-order valence-corrected chi connectivity index (χ3v) is 2.47. The Bertz CT molecular complexity index is 438. The summed E-state index contributed by atoms with van der Waals surface area (Å²) in [5, 5.41) is 2.50. The molecular formula is C14H17NO3. The number of carbonyl (C=O) groups is 2. The second-order valence-corrected chi connectivity index (χ2v) is 3.75. The minimum absolute atomic E-state index is 0.311. The number of carbonyl (C=O) groups excluding carboxylic acids is 2. The average molecular weight is 247 g/mol. The molecule has 4 heteroatoms. The molecule has 0 fully saturated rings. The predicted octanol–water partition coefficient (Wildman–Crippen LogP) is 1.81. The highest BCUT2D eigenvalue weighted by molar-refractivity contribution is 5.90. The molecule has 1 amide bonds. The number of rotatable bonds is 6. The van der Waals surface area contributed by atoms with Gasteiger partial charge in [-0.05, 0) is 19.4 Å². The first-order valence-electron chi connectivity index (χ1n) is 5.80. The van der Waals surface area contributed by atoms with Crippen LogP contribution in [0, 0.1) is 0 Å². The van der Waals surface area contributed by atoms with Crippen molar-refractivity contribution in [3.8, 4) is 0 Å². The van der Waals surface area contributed by atoms with Gasteiger partial charge in [-0.2, -0.15) is 0 Å². The number of hydrogen-bond acceptors (Lipinski definition) is 3. The van der Waals surface area contributed by atoms with Crippen molar-refractivity contribution in [3.05, 3.63) is 47.2 Å². The van der Waals surface area contributed by atoms with E-state index >= 15 is 0 Å². The van der Waals surface area contributed by atoms with E-state index in [1.165, 1.54) is 0 Å². The molecule has 0 radical (unpaired) electrons. The Labute approximate surface area is 107 Å². The summed E-state index contributed by atoms with van der Waals surface area (Å²) in [7, 11) is 0. The monoisotopic (exact) mass is 247 g/mol. The topological polar surface area (TPSA) is 55.4 Å². The molecule has 0 atom stereocenters. The van der Waals surface area contributed by atoms with E-state index in [-0.39, 0.29) is 0 Å². The van der Waals surface area contributed by atoms with Gasteiger partial charge in [0.2, 0.25) is 6.41 Å². The molecule has 18 heavy (non-hydrogen) atoms. The number of allylic oxidation sites excluding steroid dienone is 1. The summed E-state index contributed by atoms with van der Waals surface area (Å²) < 4.78 is 4.99.